The van der Waals surface area contributed by atoms with Crippen molar-refractivity contribution in [2.24, 2.45) is 11.8 Å². The minimum absolute atomic E-state index is 0.383. The van der Waals surface area contributed by atoms with Crippen LogP contribution in [0, 0.1) is 18.8 Å². The summed E-state index contributed by atoms with van der Waals surface area (Å²) in [6.45, 7) is 5.71. The van der Waals surface area contributed by atoms with Crippen molar-refractivity contribution in [3.05, 3.63) is 94.7 Å². The molecule has 33 heavy (non-hydrogen) atoms. The lowest BCUT2D eigenvalue weighted by Crippen LogP contribution is -2.21. The number of hydrogen-bond donors (Lipinski definition) is 0. The highest BCUT2D eigenvalue weighted by molar-refractivity contribution is 5.80. The zero-order valence-electron chi connectivity index (χ0n) is 20.2. The summed E-state index contributed by atoms with van der Waals surface area (Å²) in [5, 5.41) is 0. The zero-order chi connectivity index (χ0) is 23.0. The lowest BCUT2D eigenvalue weighted by molar-refractivity contribution is -0.119. The van der Waals surface area contributed by atoms with Gasteiger partial charge in [-0.1, -0.05) is 105 Å². The van der Waals surface area contributed by atoms with E-state index in [9.17, 15) is 4.79 Å². The van der Waals surface area contributed by atoms with Crippen LogP contribution in [-0.4, -0.2) is 5.78 Å². The van der Waals surface area contributed by atoms with Gasteiger partial charge in [0.1, 0.15) is 5.78 Å². The van der Waals surface area contributed by atoms with E-state index in [-0.39, 0.29) is 0 Å². The molecule has 0 bridgehead atoms. The molecule has 2 aromatic rings. The third-order valence-electron chi connectivity index (χ3n) is 7.79. The largest absolute Gasteiger partial charge is 0.300 e. The molecule has 0 heterocycles. The van der Waals surface area contributed by atoms with E-state index in [1.54, 1.807) is 11.1 Å². The van der Waals surface area contributed by atoms with Crippen LogP contribution < -0.4 is 0 Å². The summed E-state index contributed by atoms with van der Waals surface area (Å²) in [5.41, 5.74) is 9.90. The highest BCUT2D eigenvalue weighted by atomic mass is 16.1. The van der Waals surface area contributed by atoms with Gasteiger partial charge < -0.3 is 0 Å². The highest BCUT2D eigenvalue weighted by Gasteiger charge is 2.36. The maximum Gasteiger partial charge on any atom is 0.133 e. The highest BCUT2D eigenvalue weighted by Crippen LogP contribution is 2.47. The number of carbonyl (C=O) groups is 1. The summed E-state index contributed by atoms with van der Waals surface area (Å²) < 4.78 is 0. The molecule has 1 nitrogen and oxygen atoms in total. The smallest absolute Gasteiger partial charge is 0.133 e. The second-order valence-corrected chi connectivity index (χ2v) is 10.1. The Labute approximate surface area is 200 Å². The second kappa shape index (κ2) is 11.5. The first kappa shape index (κ1) is 23.5. The minimum Gasteiger partial charge on any atom is -0.300 e. The summed E-state index contributed by atoms with van der Waals surface area (Å²) in [5.74, 6) is 2.71. The molecule has 2 fully saturated rings. The zero-order valence-corrected chi connectivity index (χ0v) is 20.2. The fourth-order valence-corrected chi connectivity index (χ4v) is 5.92. The van der Waals surface area contributed by atoms with Gasteiger partial charge in [-0.3, -0.25) is 4.79 Å². The van der Waals surface area contributed by atoms with Crippen molar-refractivity contribution >= 4 is 11.9 Å². The number of hydrogen-bond acceptors (Lipinski definition) is 1. The second-order valence-electron chi connectivity index (χ2n) is 10.1. The van der Waals surface area contributed by atoms with Crippen LogP contribution in [0.5, 0.6) is 0 Å². The summed E-state index contributed by atoms with van der Waals surface area (Å²) in [6.07, 6.45) is 16.5. The number of rotatable bonds is 3. The quantitative estimate of drug-likeness (QED) is 0.440. The molecule has 0 unspecified atom stereocenters. The van der Waals surface area contributed by atoms with E-state index in [0.717, 1.165) is 24.7 Å². The Bertz CT molecular complexity index is 1020. The molecule has 3 aliphatic carbocycles. The van der Waals surface area contributed by atoms with E-state index in [1.807, 2.05) is 0 Å². The molecule has 0 radical (unpaired) electrons. The molecule has 2 atom stereocenters. The predicted octanol–water partition coefficient (Wildman–Crippen LogP) is 8.39. The SMILES string of the molecule is C=C=C1CCC(=O)CC1.Cc1cccc(C=C[C@H]2c3ccccc3C[C@@H]2C2CCCCC2)c1. The third kappa shape index (κ3) is 6.24. The number of carbonyl (C=O) groups excluding carboxylic acids is 1. The Morgan fingerprint density at radius 1 is 0.939 bits per heavy atom. The topological polar surface area (TPSA) is 17.1 Å². The summed E-state index contributed by atoms with van der Waals surface area (Å²) in [7, 11) is 0. The molecular formula is C32H38O. The van der Waals surface area contributed by atoms with Gasteiger partial charge in [0.05, 0.1) is 0 Å². The molecule has 0 aliphatic heterocycles. The molecule has 3 aliphatic rings. The Hall–Kier alpha value is -2.63. The van der Waals surface area contributed by atoms with Gasteiger partial charge in [0.15, 0.2) is 0 Å². The summed E-state index contributed by atoms with van der Waals surface area (Å²) >= 11 is 0. The van der Waals surface area contributed by atoms with E-state index >= 15 is 0 Å². The number of Topliss-reactive ketones (excluding diaryl/α,β-unsaturated/α-hetero) is 1. The van der Waals surface area contributed by atoms with Gasteiger partial charge in [0.25, 0.3) is 0 Å². The maximum absolute atomic E-state index is 10.7. The van der Waals surface area contributed by atoms with Gasteiger partial charge in [0.2, 0.25) is 0 Å². The molecule has 0 aromatic heterocycles. The number of benzene rings is 2. The first-order valence-electron chi connectivity index (χ1n) is 12.9. The van der Waals surface area contributed by atoms with Gasteiger partial charge in [-0.25, -0.2) is 0 Å². The van der Waals surface area contributed by atoms with Crippen LogP contribution >= 0.6 is 0 Å². The van der Waals surface area contributed by atoms with Crippen LogP contribution in [0.15, 0.2) is 72.5 Å². The van der Waals surface area contributed by atoms with Crippen molar-refractivity contribution in [3.8, 4) is 0 Å². The van der Waals surface area contributed by atoms with Crippen molar-refractivity contribution in [2.75, 3.05) is 0 Å². The van der Waals surface area contributed by atoms with Crippen molar-refractivity contribution in [3.63, 3.8) is 0 Å². The van der Waals surface area contributed by atoms with Gasteiger partial charge in [0, 0.05) is 18.8 Å². The van der Waals surface area contributed by atoms with Crippen LogP contribution in [0.25, 0.3) is 6.08 Å². The van der Waals surface area contributed by atoms with Crippen LogP contribution in [0.4, 0.5) is 0 Å². The minimum atomic E-state index is 0.383. The monoisotopic (exact) mass is 438 g/mol. The normalized spacial score (nSPS) is 23.1. The standard InChI is InChI=1S/C24H28.C8H10O/c1-18-8-7-9-19(16-18)14-15-23-22-13-6-5-12-21(22)17-24(23)20-10-3-2-4-11-20;1-2-7-3-5-8(9)6-4-7/h5-9,12-16,20,23-24H,2-4,10-11,17H2,1H3;1,3-6H2/t23-,24+;/m0./s1. The third-order valence-corrected chi connectivity index (χ3v) is 7.79. The molecule has 0 saturated heterocycles. The van der Waals surface area contributed by atoms with Crippen molar-refractivity contribution in [2.45, 2.75) is 77.0 Å². The average molecular weight is 439 g/mol. The molecule has 0 N–H and O–H groups in total. The molecule has 172 valence electrons. The molecular weight excluding hydrogens is 400 g/mol. The van der Waals surface area contributed by atoms with Gasteiger partial charge in [-0.2, -0.15) is 0 Å². The first-order valence-corrected chi connectivity index (χ1v) is 12.9. The summed E-state index contributed by atoms with van der Waals surface area (Å²) in [6, 6.07) is 18.0. The number of allylic oxidation sites excluding steroid dienone is 2. The molecule has 2 saturated carbocycles. The van der Waals surface area contributed by atoms with E-state index in [2.05, 4.69) is 79.9 Å². The fraction of sp³-hybridized carbons (Fsp3) is 0.438. The lowest BCUT2D eigenvalue weighted by Gasteiger charge is -2.30. The van der Waals surface area contributed by atoms with Gasteiger partial charge in [-0.05, 0) is 60.3 Å². The first-order chi connectivity index (χ1) is 16.1. The number of fused-ring (bicyclic) bond motifs is 1. The predicted molar refractivity (Wildman–Crippen MR) is 139 cm³/mol. The van der Waals surface area contributed by atoms with Crippen LogP contribution in [0.1, 0.15) is 86.0 Å². The Morgan fingerprint density at radius 3 is 2.42 bits per heavy atom. The van der Waals surface area contributed by atoms with Crippen LogP contribution in [0.3, 0.4) is 0 Å². The molecule has 1 heteroatoms. The van der Waals surface area contributed by atoms with Crippen molar-refractivity contribution < 1.29 is 4.79 Å². The lowest BCUT2D eigenvalue weighted by atomic mass is 9.74. The van der Waals surface area contributed by atoms with Crippen LogP contribution in [-0.2, 0) is 11.2 Å². The Morgan fingerprint density at radius 2 is 1.70 bits per heavy atom. The van der Waals surface area contributed by atoms with Crippen molar-refractivity contribution in [1.82, 2.24) is 0 Å². The number of aryl methyl sites for hydroxylation is 1. The van der Waals surface area contributed by atoms with Gasteiger partial charge >= 0.3 is 0 Å². The van der Waals surface area contributed by atoms with Gasteiger partial charge in [-0.15, -0.1) is 5.73 Å². The number of ketones is 1. The molecule has 2 aromatic carbocycles. The van der Waals surface area contributed by atoms with E-state index < -0.39 is 0 Å². The Balaban J connectivity index is 0.000000243. The average Bonchev–Trinajstić information content (AvgIpc) is 3.23. The maximum atomic E-state index is 10.7. The summed E-state index contributed by atoms with van der Waals surface area (Å²) in [4.78, 5) is 10.7. The van der Waals surface area contributed by atoms with Crippen molar-refractivity contribution in [1.29, 1.82) is 0 Å². The molecule has 0 spiro atoms. The van der Waals surface area contributed by atoms with E-state index in [0.29, 0.717) is 24.5 Å². The Kier molecular flexibility index (Phi) is 8.19. The van der Waals surface area contributed by atoms with E-state index in [1.165, 1.54) is 55.2 Å². The van der Waals surface area contributed by atoms with Crippen LogP contribution in [0.2, 0.25) is 0 Å². The molecule has 0 amide bonds. The van der Waals surface area contributed by atoms with E-state index in [4.69, 9.17) is 0 Å². The fourth-order valence-electron chi connectivity index (χ4n) is 5.92. The molecule has 5 rings (SSSR count).